The van der Waals surface area contributed by atoms with Gasteiger partial charge in [0.05, 0.1) is 5.60 Å². The molecule has 2 aliphatic carbocycles. The zero-order chi connectivity index (χ0) is 31.9. The van der Waals surface area contributed by atoms with E-state index < -0.39 is 45.6 Å². The van der Waals surface area contributed by atoms with Crippen molar-refractivity contribution in [1.29, 1.82) is 0 Å². The van der Waals surface area contributed by atoms with Gasteiger partial charge in [0.1, 0.15) is 5.78 Å². The van der Waals surface area contributed by atoms with E-state index in [0.29, 0.717) is 19.3 Å². The van der Waals surface area contributed by atoms with Crippen molar-refractivity contribution >= 4 is 22.4 Å². The third-order valence-electron chi connectivity index (χ3n) is 9.06. The van der Waals surface area contributed by atoms with Gasteiger partial charge in [-0.1, -0.05) is 26.3 Å². The molecule has 2 fully saturated rings. The molecule has 0 saturated heterocycles. The van der Waals surface area contributed by atoms with Crippen LogP contribution in [-0.4, -0.2) is 46.0 Å². The maximum atomic E-state index is 14.2. The lowest BCUT2D eigenvalue weighted by Gasteiger charge is -2.48. The first-order chi connectivity index (χ1) is 18.2. The molecule has 41 heavy (non-hydrogen) atoms. The molecule has 3 nitrogen and oxygen atoms in total. The SMILES string of the molecule is CC(C)(CCC[C@@](C)(CC=CC(O[Si](C)(C)C)(C(F)(F)F)C(F)(F)F)C1CCC2C(=O)CCC[C@@]21C)O[Si](C)(C)C. The van der Waals surface area contributed by atoms with Crippen molar-refractivity contribution < 1.29 is 40.0 Å². The highest BCUT2D eigenvalue weighted by Crippen LogP contribution is 2.62. The van der Waals surface area contributed by atoms with Gasteiger partial charge in [0.15, 0.2) is 16.6 Å². The fourth-order valence-electron chi connectivity index (χ4n) is 7.77. The van der Waals surface area contributed by atoms with Gasteiger partial charge in [0.25, 0.3) is 5.60 Å². The second-order valence-electron chi connectivity index (χ2n) is 15.5. The molecule has 2 aliphatic rings. The maximum Gasteiger partial charge on any atom is 0.429 e. The van der Waals surface area contributed by atoms with Crippen molar-refractivity contribution in [2.75, 3.05) is 0 Å². The van der Waals surface area contributed by atoms with E-state index in [4.69, 9.17) is 8.85 Å². The molecular weight excluding hydrogens is 578 g/mol. The van der Waals surface area contributed by atoms with Crippen LogP contribution in [0.15, 0.2) is 12.2 Å². The van der Waals surface area contributed by atoms with E-state index >= 15 is 0 Å². The topological polar surface area (TPSA) is 35.5 Å². The van der Waals surface area contributed by atoms with E-state index in [0.717, 1.165) is 38.2 Å². The fourth-order valence-corrected chi connectivity index (χ4v) is 10.8. The van der Waals surface area contributed by atoms with E-state index in [1.54, 1.807) is 0 Å². The summed E-state index contributed by atoms with van der Waals surface area (Å²) in [6, 6.07) is 0. The lowest BCUT2D eigenvalue weighted by atomic mass is 9.56. The number of allylic oxidation sites excluding steroid dienone is 1. The molecule has 0 aromatic heterocycles. The molecule has 2 rings (SSSR count). The molecule has 0 aliphatic heterocycles. The van der Waals surface area contributed by atoms with Gasteiger partial charge in [-0.2, -0.15) is 26.3 Å². The number of halogens is 6. The molecule has 0 N–H and O–H groups in total. The van der Waals surface area contributed by atoms with Crippen LogP contribution >= 0.6 is 0 Å². The Morgan fingerprint density at radius 2 is 1.41 bits per heavy atom. The molecule has 2 saturated carbocycles. The first kappa shape index (κ1) is 36.5. The van der Waals surface area contributed by atoms with Crippen molar-refractivity contribution in [3.05, 3.63) is 12.2 Å². The summed E-state index contributed by atoms with van der Waals surface area (Å²) in [7, 11) is -5.10. The number of alkyl halides is 6. The molecule has 0 aromatic rings. The van der Waals surface area contributed by atoms with Crippen LogP contribution < -0.4 is 0 Å². The highest BCUT2D eigenvalue weighted by Gasteiger charge is 2.71. The minimum atomic E-state index is -5.67. The largest absolute Gasteiger partial charge is 0.429 e. The summed E-state index contributed by atoms with van der Waals surface area (Å²) in [5.74, 6) is 0.135. The van der Waals surface area contributed by atoms with Crippen LogP contribution in [0.4, 0.5) is 26.3 Å². The zero-order valence-corrected chi connectivity index (χ0v) is 28.7. The van der Waals surface area contributed by atoms with Crippen LogP contribution in [0.2, 0.25) is 39.3 Å². The summed E-state index contributed by atoms with van der Waals surface area (Å²) < 4.78 is 96.4. The molecule has 0 bridgehead atoms. The smallest absolute Gasteiger partial charge is 0.413 e. The second kappa shape index (κ2) is 12.0. The Bertz CT molecular complexity index is 934. The average Bonchev–Trinajstić information content (AvgIpc) is 3.07. The zero-order valence-electron chi connectivity index (χ0n) is 26.7. The minimum Gasteiger partial charge on any atom is -0.413 e. The van der Waals surface area contributed by atoms with Gasteiger partial charge in [-0.3, -0.25) is 4.79 Å². The van der Waals surface area contributed by atoms with E-state index in [-0.39, 0.29) is 35.5 Å². The van der Waals surface area contributed by atoms with Crippen molar-refractivity contribution in [3.8, 4) is 0 Å². The summed E-state index contributed by atoms with van der Waals surface area (Å²) in [6.45, 7) is 18.5. The molecular formula is C30H52F6O3Si2. The highest BCUT2D eigenvalue weighted by atomic mass is 28.4. The molecule has 11 heteroatoms. The summed E-state index contributed by atoms with van der Waals surface area (Å²) in [6.07, 6.45) is -4.38. The quantitative estimate of drug-likeness (QED) is 0.122. The summed E-state index contributed by atoms with van der Waals surface area (Å²) in [5.41, 5.74) is -5.67. The van der Waals surface area contributed by atoms with Gasteiger partial charge in [0.2, 0.25) is 0 Å². The molecule has 2 unspecified atom stereocenters. The number of fused-ring (bicyclic) bond motifs is 1. The molecule has 0 amide bonds. The first-order valence-electron chi connectivity index (χ1n) is 14.9. The molecule has 0 spiro atoms. The highest BCUT2D eigenvalue weighted by molar-refractivity contribution is 6.70. The van der Waals surface area contributed by atoms with E-state index in [1.807, 2.05) is 20.8 Å². The molecule has 0 aromatic carbocycles. The standard InChI is InChI=1S/C30H52F6O3Si2/c1-25(2,38-40(5,6)7)17-12-18-26(3,24-16-15-22-23(37)14-11-20-27(22,24)4)19-13-21-28(29(31,32)33,30(34,35)36)39-41(8,9)10/h13,21-22,24H,11-12,14-20H2,1-10H3/t22?,24?,26-,27-/m0/s1. The molecule has 0 heterocycles. The van der Waals surface area contributed by atoms with Gasteiger partial charge in [0, 0.05) is 12.3 Å². The second-order valence-corrected chi connectivity index (χ2v) is 24.4. The summed E-state index contributed by atoms with van der Waals surface area (Å²) >= 11 is 0. The summed E-state index contributed by atoms with van der Waals surface area (Å²) in [4.78, 5) is 12.8. The van der Waals surface area contributed by atoms with E-state index in [1.165, 1.54) is 19.6 Å². The van der Waals surface area contributed by atoms with Gasteiger partial charge in [-0.05, 0) is 121 Å². The van der Waals surface area contributed by atoms with Gasteiger partial charge >= 0.3 is 12.4 Å². The van der Waals surface area contributed by atoms with Gasteiger partial charge < -0.3 is 8.85 Å². The Balaban J connectivity index is 2.48. The predicted octanol–water partition coefficient (Wildman–Crippen LogP) is 10.2. The van der Waals surface area contributed by atoms with Gasteiger partial charge in [-0.15, -0.1) is 0 Å². The Morgan fingerprint density at radius 3 is 1.90 bits per heavy atom. The van der Waals surface area contributed by atoms with Crippen LogP contribution in [0, 0.1) is 22.7 Å². The Morgan fingerprint density at radius 1 is 0.878 bits per heavy atom. The predicted molar refractivity (Wildman–Crippen MR) is 157 cm³/mol. The van der Waals surface area contributed by atoms with Crippen LogP contribution in [-0.2, 0) is 13.6 Å². The number of Topliss-reactive ketones (excluding diaryl/α,β-unsaturated/α-hetero) is 1. The third-order valence-corrected chi connectivity index (χ3v) is 11.2. The molecule has 0 radical (unpaired) electrons. The number of hydrogen-bond donors (Lipinski definition) is 0. The van der Waals surface area contributed by atoms with Crippen LogP contribution in [0.3, 0.4) is 0 Å². The monoisotopic (exact) mass is 630 g/mol. The van der Waals surface area contributed by atoms with Crippen LogP contribution in [0.1, 0.15) is 85.5 Å². The molecule has 4 atom stereocenters. The fraction of sp³-hybridized carbons (Fsp3) is 0.900. The average molecular weight is 631 g/mol. The van der Waals surface area contributed by atoms with Crippen molar-refractivity contribution in [3.63, 3.8) is 0 Å². The Hall–Kier alpha value is -0.656. The Kier molecular flexibility index (Phi) is 10.7. The van der Waals surface area contributed by atoms with Crippen LogP contribution in [0.5, 0.6) is 0 Å². The number of carbonyl (C=O) groups excluding carboxylic acids is 1. The lowest BCUT2D eigenvalue weighted by Crippen LogP contribution is -2.61. The maximum absolute atomic E-state index is 14.2. The normalized spacial score (nSPS) is 26.9. The van der Waals surface area contributed by atoms with Crippen molar-refractivity contribution in [1.82, 2.24) is 0 Å². The van der Waals surface area contributed by atoms with Crippen molar-refractivity contribution in [2.24, 2.45) is 22.7 Å². The van der Waals surface area contributed by atoms with Crippen molar-refractivity contribution in [2.45, 2.75) is 148 Å². The first-order valence-corrected chi connectivity index (χ1v) is 21.7. The Labute approximate surface area is 245 Å². The number of rotatable bonds is 12. The minimum absolute atomic E-state index is 0.000922. The number of carbonyl (C=O) groups is 1. The number of ketones is 1. The van der Waals surface area contributed by atoms with E-state index in [2.05, 4.69) is 26.6 Å². The number of hydrogen-bond acceptors (Lipinski definition) is 3. The van der Waals surface area contributed by atoms with Gasteiger partial charge in [-0.25, -0.2) is 0 Å². The third kappa shape index (κ3) is 8.72. The lowest BCUT2D eigenvalue weighted by molar-refractivity contribution is -0.340. The van der Waals surface area contributed by atoms with Crippen LogP contribution in [0.25, 0.3) is 0 Å². The van der Waals surface area contributed by atoms with E-state index in [9.17, 15) is 31.1 Å². The summed E-state index contributed by atoms with van der Waals surface area (Å²) in [5, 5.41) is 0. The molecule has 240 valence electrons.